The molecule has 0 unspecified atom stereocenters. The van der Waals surface area contributed by atoms with Crippen LogP contribution in [0.15, 0.2) is 0 Å². The normalized spacial score (nSPS) is 10.2. The third kappa shape index (κ3) is 7.37. The van der Waals surface area contributed by atoms with Crippen LogP contribution in [0.3, 0.4) is 0 Å². The van der Waals surface area contributed by atoms with Crippen molar-refractivity contribution in [3.8, 4) is 0 Å². The first-order chi connectivity index (χ1) is 5.16. The number of carbonyl (C=O) groups excluding carboxylic acids is 1. The van der Waals surface area contributed by atoms with Crippen LogP contribution in [0.25, 0.3) is 0 Å². The zero-order chi connectivity index (χ0) is 8.69. The van der Waals surface area contributed by atoms with Crippen molar-refractivity contribution in [3.63, 3.8) is 0 Å². The summed E-state index contributed by atoms with van der Waals surface area (Å²) in [4.78, 5) is 10.9. The second-order valence-corrected chi connectivity index (χ2v) is 3.18. The fraction of sp³-hybridized carbons (Fsp3) is 0.889. The quantitative estimate of drug-likeness (QED) is 0.574. The molecule has 0 bridgehead atoms. The van der Waals surface area contributed by atoms with Gasteiger partial charge in [-0.15, -0.1) is 0 Å². The summed E-state index contributed by atoms with van der Waals surface area (Å²) in [6.45, 7) is 6.69. The van der Waals surface area contributed by atoms with Crippen LogP contribution in [0.2, 0.25) is 0 Å². The number of hydrogen-bond acceptors (Lipinski definition) is 2. The molecule has 11 heavy (non-hydrogen) atoms. The van der Waals surface area contributed by atoms with Gasteiger partial charge in [0.2, 0.25) is 0 Å². The van der Waals surface area contributed by atoms with E-state index in [2.05, 4.69) is 6.92 Å². The van der Waals surface area contributed by atoms with Gasteiger partial charge in [0.1, 0.15) is 0 Å². The van der Waals surface area contributed by atoms with E-state index in [0.29, 0.717) is 18.9 Å². The summed E-state index contributed by atoms with van der Waals surface area (Å²) in [6, 6.07) is 0. The first kappa shape index (κ1) is 10.5. The highest BCUT2D eigenvalue weighted by atomic mass is 16.5. The van der Waals surface area contributed by atoms with Gasteiger partial charge in [0.05, 0.1) is 6.61 Å². The smallest absolute Gasteiger partial charge is 0.305 e. The molecule has 0 aromatic carbocycles. The molecule has 2 nitrogen and oxygen atoms in total. The van der Waals surface area contributed by atoms with Gasteiger partial charge in [0, 0.05) is 6.42 Å². The summed E-state index contributed by atoms with van der Waals surface area (Å²) in [5, 5.41) is 0. The van der Waals surface area contributed by atoms with Gasteiger partial charge in [0.25, 0.3) is 0 Å². The number of carbonyl (C=O) groups is 1. The largest absolute Gasteiger partial charge is 0.465 e. The van der Waals surface area contributed by atoms with Crippen molar-refractivity contribution in [2.75, 3.05) is 6.61 Å². The van der Waals surface area contributed by atoms with E-state index in [-0.39, 0.29) is 5.97 Å². The van der Waals surface area contributed by atoms with Gasteiger partial charge < -0.3 is 4.74 Å². The van der Waals surface area contributed by atoms with E-state index in [4.69, 9.17) is 4.74 Å². The number of ether oxygens (including phenoxy) is 1. The molecule has 0 spiro atoms. The molecule has 2 heteroatoms. The van der Waals surface area contributed by atoms with E-state index in [1.807, 2.05) is 13.8 Å². The Labute approximate surface area is 68.9 Å². The van der Waals surface area contributed by atoms with Gasteiger partial charge in [-0.05, 0) is 12.3 Å². The molecule has 0 aliphatic heterocycles. The maximum Gasteiger partial charge on any atom is 0.305 e. The van der Waals surface area contributed by atoms with Crippen molar-refractivity contribution in [1.82, 2.24) is 0 Å². The second-order valence-electron chi connectivity index (χ2n) is 3.18. The van der Waals surface area contributed by atoms with E-state index in [9.17, 15) is 4.79 Å². The zero-order valence-corrected chi connectivity index (χ0v) is 7.72. The van der Waals surface area contributed by atoms with Gasteiger partial charge in [-0.25, -0.2) is 0 Å². The molecule has 0 heterocycles. The van der Waals surface area contributed by atoms with Crippen molar-refractivity contribution in [2.24, 2.45) is 5.92 Å². The van der Waals surface area contributed by atoms with Crippen LogP contribution in [0.4, 0.5) is 0 Å². The lowest BCUT2D eigenvalue weighted by molar-refractivity contribution is -0.144. The highest BCUT2D eigenvalue weighted by Crippen LogP contribution is 1.99. The van der Waals surface area contributed by atoms with Crippen LogP contribution in [-0.4, -0.2) is 12.6 Å². The van der Waals surface area contributed by atoms with Crippen LogP contribution in [0.5, 0.6) is 0 Å². The molecule has 0 saturated heterocycles. The minimum Gasteiger partial charge on any atom is -0.465 e. The van der Waals surface area contributed by atoms with E-state index in [1.54, 1.807) is 0 Å². The van der Waals surface area contributed by atoms with Gasteiger partial charge in [-0.2, -0.15) is 0 Å². The fourth-order valence-corrected chi connectivity index (χ4v) is 0.653. The van der Waals surface area contributed by atoms with E-state index < -0.39 is 0 Å². The maximum atomic E-state index is 10.9. The summed E-state index contributed by atoms with van der Waals surface area (Å²) in [6.07, 6.45) is 2.57. The predicted octanol–water partition coefficient (Wildman–Crippen LogP) is 2.38. The zero-order valence-electron chi connectivity index (χ0n) is 7.72. The van der Waals surface area contributed by atoms with E-state index >= 15 is 0 Å². The standard InChI is InChI=1S/C9H18O2/c1-4-5-6-9(10)11-7-8(2)3/h8H,4-7H2,1-3H3. The van der Waals surface area contributed by atoms with E-state index in [1.165, 1.54) is 0 Å². The van der Waals surface area contributed by atoms with Crippen LogP contribution < -0.4 is 0 Å². The Balaban J connectivity index is 3.23. The Bertz CT molecular complexity index is 108. The Hall–Kier alpha value is -0.530. The lowest BCUT2D eigenvalue weighted by Crippen LogP contribution is -2.09. The number of esters is 1. The first-order valence-electron chi connectivity index (χ1n) is 4.32. The molecular formula is C9H18O2. The summed E-state index contributed by atoms with van der Waals surface area (Å²) in [7, 11) is 0. The molecule has 0 aromatic heterocycles. The van der Waals surface area contributed by atoms with Crippen LogP contribution >= 0.6 is 0 Å². The summed E-state index contributed by atoms with van der Waals surface area (Å²) < 4.78 is 4.97. The number of hydrogen-bond donors (Lipinski definition) is 0. The molecule has 0 rings (SSSR count). The van der Waals surface area contributed by atoms with Gasteiger partial charge >= 0.3 is 5.97 Å². The van der Waals surface area contributed by atoms with Crippen LogP contribution in [0.1, 0.15) is 40.0 Å². The predicted molar refractivity (Wildman–Crippen MR) is 45.3 cm³/mol. The van der Waals surface area contributed by atoms with Gasteiger partial charge in [-0.3, -0.25) is 4.79 Å². The van der Waals surface area contributed by atoms with Crippen LogP contribution in [-0.2, 0) is 9.53 Å². The Morgan fingerprint density at radius 3 is 2.55 bits per heavy atom. The summed E-state index contributed by atoms with van der Waals surface area (Å²) in [5.41, 5.74) is 0. The minimum atomic E-state index is -0.0550. The molecule has 0 saturated carbocycles. The molecule has 0 aliphatic carbocycles. The Morgan fingerprint density at radius 1 is 1.45 bits per heavy atom. The first-order valence-corrected chi connectivity index (χ1v) is 4.32. The number of unbranched alkanes of at least 4 members (excludes halogenated alkanes) is 1. The average molecular weight is 158 g/mol. The molecule has 0 aliphatic rings. The van der Waals surface area contributed by atoms with Gasteiger partial charge in [0.15, 0.2) is 0 Å². The average Bonchev–Trinajstić information content (AvgIpc) is 1.97. The maximum absolute atomic E-state index is 10.9. The van der Waals surface area contributed by atoms with Crippen molar-refractivity contribution in [2.45, 2.75) is 40.0 Å². The molecule has 0 fully saturated rings. The van der Waals surface area contributed by atoms with Crippen molar-refractivity contribution in [3.05, 3.63) is 0 Å². The highest BCUT2D eigenvalue weighted by molar-refractivity contribution is 5.69. The Morgan fingerprint density at radius 2 is 2.09 bits per heavy atom. The molecule has 0 amide bonds. The second kappa shape index (κ2) is 6.20. The monoisotopic (exact) mass is 158 g/mol. The Kier molecular flexibility index (Phi) is 5.90. The van der Waals surface area contributed by atoms with Crippen molar-refractivity contribution in [1.29, 1.82) is 0 Å². The topological polar surface area (TPSA) is 26.3 Å². The fourth-order valence-electron chi connectivity index (χ4n) is 0.653. The molecule has 0 radical (unpaired) electrons. The SMILES string of the molecule is CCCCC(=O)OCC(C)C. The van der Waals surface area contributed by atoms with E-state index in [0.717, 1.165) is 12.8 Å². The lowest BCUT2D eigenvalue weighted by atomic mass is 10.2. The summed E-state index contributed by atoms with van der Waals surface area (Å²) >= 11 is 0. The minimum absolute atomic E-state index is 0.0550. The number of rotatable bonds is 5. The van der Waals surface area contributed by atoms with Crippen LogP contribution in [0, 0.1) is 5.92 Å². The molecule has 0 N–H and O–H groups in total. The van der Waals surface area contributed by atoms with Crippen molar-refractivity contribution >= 4 is 5.97 Å². The third-order valence-corrected chi connectivity index (χ3v) is 1.31. The molecule has 0 aromatic rings. The molecule has 0 atom stereocenters. The molecule has 66 valence electrons. The van der Waals surface area contributed by atoms with Crippen molar-refractivity contribution < 1.29 is 9.53 Å². The lowest BCUT2D eigenvalue weighted by Gasteiger charge is -2.05. The third-order valence-electron chi connectivity index (χ3n) is 1.31. The summed E-state index contributed by atoms with van der Waals surface area (Å²) in [5.74, 6) is 0.390. The van der Waals surface area contributed by atoms with Gasteiger partial charge in [-0.1, -0.05) is 27.2 Å². The molecular weight excluding hydrogens is 140 g/mol. The highest BCUT2D eigenvalue weighted by Gasteiger charge is 2.02.